The Kier molecular flexibility index (Phi) is 3.66. The molecule has 0 bridgehead atoms. The highest BCUT2D eigenvalue weighted by Crippen LogP contribution is 2.29. The van der Waals surface area contributed by atoms with Crippen LogP contribution in [0, 0.1) is 0 Å². The predicted molar refractivity (Wildman–Crippen MR) is 73.1 cm³/mol. The number of hydrogen-bond donors (Lipinski definition) is 2. The summed E-state index contributed by atoms with van der Waals surface area (Å²) >= 11 is 1.47. The van der Waals surface area contributed by atoms with E-state index in [2.05, 4.69) is 10.3 Å². The van der Waals surface area contributed by atoms with Gasteiger partial charge >= 0.3 is 0 Å². The van der Waals surface area contributed by atoms with Crippen LogP contribution in [0.1, 0.15) is 13.8 Å². The molecule has 18 heavy (non-hydrogen) atoms. The van der Waals surface area contributed by atoms with Gasteiger partial charge in [0.1, 0.15) is 11.8 Å². The number of hydrogen-bond acceptors (Lipinski definition) is 5. The summed E-state index contributed by atoms with van der Waals surface area (Å²) < 4.78 is 6.44. The van der Waals surface area contributed by atoms with Crippen LogP contribution in [0.5, 0.6) is 5.75 Å². The number of anilines is 1. The first kappa shape index (κ1) is 12.6. The summed E-state index contributed by atoms with van der Waals surface area (Å²) in [5.74, 6) is 0.424. The number of primary amides is 1. The SMILES string of the molecule is CCOc1ccc2nc(NC(C)C(N)=O)sc2c1. The highest BCUT2D eigenvalue weighted by Gasteiger charge is 2.11. The lowest BCUT2D eigenvalue weighted by atomic mass is 10.3. The van der Waals surface area contributed by atoms with Crippen molar-refractivity contribution in [3.05, 3.63) is 18.2 Å². The van der Waals surface area contributed by atoms with Gasteiger partial charge in [-0.2, -0.15) is 0 Å². The summed E-state index contributed by atoms with van der Waals surface area (Å²) in [6.07, 6.45) is 0. The van der Waals surface area contributed by atoms with E-state index in [0.29, 0.717) is 11.7 Å². The maximum atomic E-state index is 11.0. The summed E-state index contributed by atoms with van der Waals surface area (Å²) in [5, 5.41) is 3.66. The molecule has 0 aliphatic carbocycles. The normalized spacial score (nSPS) is 12.3. The van der Waals surface area contributed by atoms with E-state index in [-0.39, 0.29) is 0 Å². The fourth-order valence-corrected chi connectivity index (χ4v) is 2.46. The first-order valence-corrected chi connectivity index (χ1v) is 6.51. The van der Waals surface area contributed by atoms with Crippen LogP contribution in [0.15, 0.2) is 18.2 Å². The fourth-order valence-electron chi connectivity index (χ4n) is 1.48. The average Bonchev–Trinajstić information content (AvgIpc) is 2.70. The molecule has 3 N–H and O–H groups in total. The van der Waals surface area contributed by atoms with Crippen molar-refractivity contribution in [2.75, 3.05) is 11.9 Å². The van der Waals surface area contributed by atoms with Crippen molar-refractivity contribution in [2.24, 2.45) is 5.73 Å². The molecule has 0 saturated carbocycles. The van der Waals surface area contributed by atoms with Crippen LogP contribution in [0.4, 0.5) is 5.13 Å². The molecule has 0 aliphatic heterocycles. The Balaban J connectivity index is 2.24. The topological polar surface area (TPSA) is 77.2 Å². The van der Waals surface area contributed by atoms with Crippen molar-refractivity contribution in [3.63, 3.8) is 0 Å². The minimum Gasteiger partial charge on any atom is -0.494 e. The van der Waals surface area contributed by atoms with Crippen LogP contribution in [-0.2, 0) is 4.79 Å². The number of ether oxygens (including phenoxy) is 1. The first-order valence-electron chi connectivity index (χ1n) is 5.69. The number of rotatable bonds is 5. The van der Waals surface area contributed by atoms with Crippen LogP contribution < -0.4 is 15.8 Å². The third kappa shape index (κ3) is 2.70. The Morgan fingerprint density at radius 1 is 1.61 bits per heavy atom. The molecule has 0 spiro atoms. The van der Waals surface area contributed by atoms with Crippen LogP contribution in [0.2, 0.25) is 0 Å². The number of amides is 1. The van der Waals surface area contributed by atoms with Crippen molar-refractivity contribution in [1.82, 2.24) is 4.98 Å². The molecule has 2 aromatic rings. The zero-order chi connectivity index (χ0) is 13.1. The standard InChI is InChI=1S/C12H15N3O2S/c1-3-17-8-4-5-9-10(6-8)18-12(15-9)14-7(2)11(13)16/h4-7H,3H2,1-2H3,(H2,13,16)(H,14,15). The van der Waals surface area contributed by atoms with Gasteiger partial charge in [-0.05, 0) is 32.0 Å². The molecule has 96 valence electrons. The van der Waals surface area contributed by atoms with E-state index in [1.54, 1.807) is 6.92 Å². The van der Waals surface area contributed by atoms with Gasteiger partial charge in [0.15, 0.2) is 5.13 Å². The van der Waals surface area contributed by atoms with Gasteiger partial charge < -0.3 is 15.8 Å². The third-order valence-corrected chi connectivity index (χ3v) is 3.39. The van der Waals surface area contributed by atoms with E-state index in [0.717, 1.165) is 16.0 Å². The third-order valence-electron chi connectivity index (χ3n) is 2.44. The quantitative estimate of drug-likeness (QED) is 0.866. The van der Waals surface area contributed by atoms with Crippen LogP contribution in [0.3, 0.4) is 0 Å². The van der Waals surface area contributed by atoms with Gasteiger partial charge in [-0.15, -0.1) is 0 Å². The molecule has 1 aromatic heterocycles. The summed E-state index contributed by atoms with van der Waals surface area (Å²) in [5.41, 5.74) is 6.07. The molecule has 1 heterocycles. The molecule has 1 aromatic carbocycles. The monoisotopic (exact) mass is 265 g/mol. The van der Waals surface area contributed by atoms with Gasteiger partial charge in [0.25, 0.3) is 0 Å². The molecule has 1 amide bonds. The summed E-state index contributed by atoms with van der Waals surface area (Å²) in [6, 6.07) is 5.29. The second-order valence-corrected chi connectivity index (χ2v) is 4.88. The van der Waals surface area contributed by atoms with E-state index < -0.39 is 11.9 Å². The van der Waals surface area contributed by atoms with Crippen LogP contribution in [-0.4, -0.2) is 23.5 Å². The lowest BCUT2D eigenvalue weighted by molar-refractivity contribution is -0.118. The van der Waals surface area contributed by atoms with Crippen molar-refractivity contribution in [1.29, 1.82) is 0 Å². The van der Waals surface area contributed by atoms with E-state index >= 15 is 0 Å². The summed E-state index contributed by atoms with van der Waals surface area (Å²) in [7, 11) is 0. The molecule has 0 radical (unpaired) electrons. The zero-order valence-corrected chi connectivity index (χ0v) is 11.1. The Morgan fingerprint density at radius 3 is 3.06 bits per heavy atom. The number of nitrogens with two attached hydrogens (primary N) is 1. The van der Waals surface area contributed by atoms with Gasteiger partial charge in [-0.3, -0.25) is 4.79 Å². The van der Waals surface area contributed by atoms with E-state index in [1.807, 2.05) is 25.1 Å². The number of thiazole rings is 1. The number of carbonyl (C=O) groups excluding carboxylic acids is 1. The fraction of sp³-hybridized carbons (Fsp3) is 0.333. The van der Waals surface area contributed by atoms with Crippen molar-refractivity contribution in [3.8, 4) is 5.75 Å². The molecular formula is C12H15N3O2S. The number of carbonyl (C=O) groups is 1. The minimum absolute atomic E-state index is 0.399. The Bertz CT molecular complexity index is 567. The number of nitrogens with zero attached hydrogens (tertiary/aromatic N) is 1. The molecule has 6 heteroatoms. The summed E-state index contributed by atoms with van der Waals surface area (Å²) in [6.45, 7) is 4.28. The van der Waals surface area contributed by atoms with E-state index in [9.17, 15) is 4.79 Å². The maximum absolute atomic E-state index is 11.0. The number of benzene rings is 1. The summed E-state index contributed by atoms with van der Waals surface area (Å²) in [4.78, 5) is 15.4. The number of fused-ring (bicyclic) bond motifs is 1. The Labute approximate surface area is 109 Å². The predicted octanol–water partition coefficient (Wildman–Crippen LogP) is 1.98. The largest absolute Gasteiger partial charge is 0.494 e. The first-order chi connectivity index (χ1) is 8.60. The molecule has 0 aliphatic rings. The lowest BCUT2D eigenvalue weighted by Gasteiger charge is -2.06. The molecule has 1 unspecified atom stereocenters. The van der Waals surface area contributed by atoms with Gasteiger partial charge in [-0.25, -0.2) is 4.98 Å². The zero-order valence-electron chi connectivity index (χ0n) is 10.3. The molecule has 0 saturated heterocycles. The highest BCUT2D eigenvalue weighted by atomic mass is 32.1. The smallest absolute Gasteiger partial charge is 0.239 e. The molecule has 5 nitrogen and oxygen atoms in total. The van der Waals surface area contributed by atoms with Crippen molar-refractivity contribution >= 4 is 32.6 Å². The van der Waals surface area contributed by atoms with E-state index in [4.69, 9.17) is 10.5 Å². The van der Waals surface area contributed by atoms with Crippen molar-refractivity contribution in [2.45, 2.75) is 19.9 Å². The minimum atomic E-state index is -0.433. The lowest BCUT2D eigenvalue weighted by Crippen LogP contribution is -2.32. The Morgan fingerprint density at radius 2 is 2.39 bits per heavy atom. The average molecular weight is 265 g/mol. The highest BCUT2D eigenvalue weighted by molar-refractivity contribution is 7.22. The van der Waals surface area contributed by atoms with Gasteiger partial charge in [0, 0.05) is 0 Å². The Hall–Kier alpha value is -1.82. The maximum Gasteiger partial charge on any atom is 0.239 e. The van der Waals surface area contributed by atoms with Gasteiger partial charge in [0.2, 0.25) is 5.91 Å². The molecule has 1 atom stereocenters. The van der Waals surface area contributed by atoms with E-state index in [1.165, 1.54) is 11.3 Å². The second-order valence-electron chi connectivity index (χ2n) is 3.85. The van der Waals surface area contributed by atoms with Gasteiger partial charge in [-0.1, -0.05) is 11.3 Å². The molecular weight excluding hydrogens is 250 g/mol. The van der Waals surface area contributed by atoms with Gasteiger partial charge in [0.05, 0.1) is 16.8 Å². The number of aromatic nitrogens is 1. The molecule has 0 fully saturated rings. The number of nitrogens with one attached hydrogen (secondary N) is 1. The second kappa shape index (κ2) is 5.22. The van der Waals surface area contributed by atoms with Crippen molar-refractivity contribution < 1.29 is 9.53 Å². The van der Waals surface area contributed by atoms with Crippen LogP contribution >= 0.6 is 11.3 Å². The molecule has 2 rings (SSSR count). The van der Waals surface area contributed by atoms with Crippen LogP contribution in [0.25, 0.3) is 10.2 Å².